The first-order chi connectivity index (χ1) is 12.0. The van der Waals surface area contributed by atoms with Crippen LogP contribution < -0.4 is 4.72 Å². The second-order valence-corrected chi connectivity index (χ2v) is 7.00. The molecule has 0 bridgehead atoms. The summed E-state index contributed by atoms with van der Waals surface area (Å²) in [5, 5.41) is 0.342. The fourth-order valence-electron chi connectivity index (χ4n) is 1.84. The van der Waals surface area contributed by atoms with E-state index in [1.807, 2.05) is 0 Å². The van der Waals surface area contributed by atoms with E-state index in [0.29, 0.717) is 5.41 Å². The summed E-state index contributed by atoms with van der Waals surface area (Å²) in [5.74, 6) is -1.77. The Bertz CT molecular complexity index is 954. The molecule has 0 aliphatic carbocycles. The third-order valence-corrected chi connectivity index (χ3v) is 4.37. The highest BCUT2D eigenvalue weighted by Crippen LogP contribution is 2.29. The first-order valence-corrected chi connectivity index (χ1v) is 8.78. The first-order valence-electron chi connectivity index (χ1n) is 6.85. The number of rotatable bonds is 4. The van der Waals surface area contributed by atoms with Crippen LogP contribution in [0.5, 0.6) is 0 Å². The molecule has 2 aromatic carbocycles. The van der Waals surface area contributed by atoms with Crippen molar-refractivity contribution in [2.24, 2.45) is 0 Å². The molecule has 0 spiro atoms. The van der Waals surface area contributed by atoms with Crippen molar-refractivity contribution in [3.8, 4) is 0 Å². The molecule has 26 heavy (non-hydrogen) atoms. The molecule has 0 atom stereocenters. The van der Waals surface area contributed by atoms with Gasteiger partial charge in [0.15, 0.2) is 0 Å². The van der Waals surface area contributed by atoms with Crippen LogP contribution in [0.15, 0.2) is 47.9 Å². The zero-order valence-electron chi connectivity index (χ0n) is 12.7. The molecule has 1 N–H and O–H groups in total. The Morgan fingerprint density at radius 1 is 1.08 bits per heavy atom. The minimum Gasteiger partial charge on any atom is -0.268 e. The molecule has 1 amide bonds. The smallest absolute Gasteiger partial charge is 0.268 e. The monoisotopic (exact) mass is 407 g/mol. The summed E-state index contributed by atoms with van der Waals surface area (Å²) in [6.07, 6.45) is -3.49. The van der Waals surface area contributed by atoms with Gasteiger partial charge in [0.05, 0.1) is 21.6 Å². The average Bonchev–Trinajstić information content (AvgIpc) is 2.52. The zero-order chi connectivity index (χ0) is 19.5. The number of benzene rings is 2. The number of nitrogens with one attached hydrogen (secondary N) is 1. The van der Waals surface area contributed by atoms with Gasteiger partial charge in [0.25, 0.3) is 15.9 Å². The van der Waals surface area contributed by atoms with Crippen molar-refractivity contribution in [3.63, 3.8) is 0 Å². The topological polar surface area (TPSA) is 63.2 Å². The van der Waals surface area contributed by atoms with Crippen molar-refractivity contribution < 1.29 is 30.8 Å². The predicted octanol–water partition coefficient (Wildman–Crippen LogP) is 4.23. The summed E-state index contributed by atoms with van der Waals surface area (Å²) >= 11 is 5.67. The molecule has 4 nitrogen and oxygen atoms in total. The molecular formula is C16H10ClF4NO3S. The van der Waals surface area contributed by atoms with E-state index >= 15 is 0 Å². The lowest BCUT2D eigenvalue weighted by molar-refractivity contribution is -0.137. The van der Waals surface area contributed by atoms with E-state index in [-0.39, 0.29) is 16.1 Å². The van der Waals surface area contributed by atoms with Crippen molar-refractivity contribution in [1.82, 2.24) is 4.72 Å². The van der Waals surface area contributed by atoms with Gasteiger partial charge in [-0.05, 0) is 42.0 Å². The Hall–Kier alpha value is -2.39. The summed E-state index contributed by atoms with van der Waals surface area (Å²) in [6, 6.07) is 6.54. The second kappa shape index (κ2) is 7.46. The third kappa shape index (κ3) is 5.30. The maximum absolute atomic E-state index is 12.9. The van der Waals surface area contributed by atoms with Crippen molar-refractivity contribution in [2.45, 2.75) is 6.18 Å². The van der Waals surface area contributed by atoms with Gasteiger partial charge in [0.1, 0.15) is 5.82 Å². The molecule has 0 saturated heterocycles. The van der Waals surface area contributed by atoms with Gasteiger partial charge >= 0.3 is 6.18 Å². The highest BCUT2D eigenvalue weighted by Gasteiger charge is 2.29. The Kier molecular flexibility index (Phi) is 5.72. The Morgan fingerprint density at radius 2 is 1.69 bits per heavy atom. The van der Waals surface area contributed by atoms with Gasteiger partial charge < -0.3 is 0 Å². The zero-order valence-corrected chi connectivity index (χ0v) is 14.3. The van der Waals surface area contributed by atoms with Crippen LogP contribution in [0.2, 0.25) is 5.02 Å². The van der Waals surface area contributed by atoms with Gasteiger partial charge in [-0.1, -0.05) is 23.7 Å². The summed E-state index contributed by atoms with van der Waals surface area (Å²) < 4.78 is 75.8. The van der Waals surface area contributed by atoms with Gasteiger partial charge in [-0.15, -0.1) is 0 Å². The molecule has 0 fully saturated rings. The third-order valence-electron chi connectivity index (χ3n) is 3.09. The Balaban J connectivity index is 2.12. The molecule has 138 valence electrons. The van der Waals surface area contributed by atoms with Crippen LogP contribution >= 0.6 is 11.6 Å². The minimum atomic E-state index is -4.50. The molecule has 10 heteroatoms. The van der Waals surface area contributed by atoms with Crippen LogP contribution in [0.4, 0.5) is 17.6 Å². The normalized spacial score (nSPS) is 12.3. The molecule has 0 unspecified atom stereocenters. The van der Waals surface area contributed by atoms with E-state index in [1.165, 1.54) is 0 Å². The lowest BCUT2D eigenvalue weighted by Crippen LogP contribution is -2.29. The Morgan fingerprint density at radius 3 is 2.23 bits per heavy atom. The fourth-order valence-corrected chi connectivity index (χ4v) is 2.87. The molecule has 0 aliphatic heterocycles. The van der Waals surface area contributed by atoms with Gasteiger partial charge in [-0.2, -0.15) is 13.2 Å². The minimum absolute atomic E-state index is 0.177. The summed E-state index contributed by atoms with van der Waals surface area (Å²) in [6.45, 7) is 0. The first kappa shape index (κ1) is 19.9. The maximum Gasteiger partial charge on any atom is 0.416 e. The molecule has 0 radical (unpaired) electrons. The van der Waals surface area contributed by atoms with E-state index < -0.39 is 33.5 Å². The highest BCUT2D eigenvalue weighted by atomic mass is 35.5. The fraction of sp³-hybridized carbons (Fsp3) is 0.0625. The van der Waals surface area contributed by atoms with Crippen LogP contribution in [0.1, 0.15) is 21.5 Å². The molecule has 0 aliphatic rings. The number of amides is 1. The molecule has 0 saturated carbocycles. The van der Waals surface area contributed by atoms with Crippen LogP contribution in [0, 0.1) is 5.82 Å². The quantitative estimate of drug-likeness (QED) is 0.771. The van der Waals surface area contributed by atoms with Gasteiger partial charge in [-0.3, -0.25) is 4.79 Å². The van der Waals surface area contributed by atoms with Gasteiger partial charge in [-0.25, -0.2) is 17.5 Å². The number of carbonyl (C=O) groups excluding carboxylic acids is 1. The van der Waals surface area contributed by atoms with Crippen molar-refractivity contribution in [1.29, 1.82) is 0 Å². The van der Waals surface area contributed by atoms with E-state index in [4.69, 9.17) is 11.6 Å². The average molecular weight is 408 g/mol. The molecular weight excluding hydrogens is 398 g/mol. The lowest BCUT2D eigenvalue weighted by Gasteiger charge is -2.06. The lowest BCUT2D eigenvalue weighted by atomic mass is 10.1. The summed E-state index contributed by atoms with van der Waals surface area (Å²) in [5.41, 5.74) is -0.952. The van der Waals surface area contributed by atoms with Crippen LogP contribution in [-0.4, -0.2) is 14.3 Å². The number of hydrogen-bond donors (Lipinski definition) is 1. The number of halogens is 5. The van der Waals surface area contributed by atoms with E-state index in [9.17, 15) is 30.8 Å². The standard InChI is InChI=1S/C16H10ClF4NO3S/c17-14-9-12(18)5-6-13(14)15(23)22-26(24,25)8-7-10-1-3-11(4-2-10)16(19,20)21/h1-9H,(H,22,23)/b8-7+. The highest BCUT2D eigenvalue weighted by molar-refractivity contribution is 7.93. The maximum atomic E-state index is 12.9. The van der Waals surface area contributed by atoms with Crippen molar-refractivity contribution in [3.05, 3.63) is 75.4 Å². The van der Waals surface area contributed by atoms with Crippen LogP contribution in [-0.2, 0) is 16.2 Å². The van der Waals surface area contributed by atoms with Gasteiger partial charge in [0.2, 0.25) is 0 Å². The number of hydrogen-bond acceptors (Lipinski definition) is 3. The van der Waals surface area contributed by atoms with Crippen LogP contribution in [0.3, 0.4) is 0 Å². The van der Waals surface area contributed by atoms with E-state index in [2.05, 4.69) is 0 Å². The van der Waals surface area contributed by atoms with Crippen molar-refractivity contribution in [2.75, 3.05) is 0 Å². The summed E-state index contributed by atoms with van der Waals surface area (Å²) in [4.78, 5) is 11.9. The van der Waals surface area contributed by atoms with E-state index in [0.717, 1.165) is 48.5 Å². The largest absolute Gasteiger partial charge is 0.416 e. The summed E-state index contributed by atoms with van der Waals surface area (Å²) in [7, 11) is -4.25. The van der Waals surface area contributed by atoms with Crippen molar-refractivity contribution >= 4 is 33.6 Å². The number of sulfonamides is 1. The molecule has 0 heterocycles. The molecule has 0 aromatic heterocycles. The SMILES string of the molecule is O=C(NS(=O)(=O)/C=C/c1ccc(C(F)(F)F)cc1)c1ccc(F)cc1Cl. The van der Waals surface area contributed by atoms with Crippen LogP contribution in [0.25, 0.3) is 6.08 Å². The van der Waals surface area contributed by atoms with Gasteiger partial charge in [0, 0.05) is 0 Å². The van der Waals surface area contributed by atoms with E-state index in [1.54, 1.807) is 4.72 Å². The number of carbonyl (C=O) groups is 1. The number of alkyl halides is 3. The Labute approximate surface area is 151 Å². The second-order valence-electron chi connectivity index (χ2n) is 5.02. The molecule has 2 aromatic rings. The predicted molar refractivity (Wildman–Crippen MR) is 88.3 cm³/mol. The molecule has 2 rings (SSSR count).